The Bertz CT molecular complexity index is 783. The number of H-pyrrole nitrogens is 1. The van der Waals surface area contributed by atoms with Crippen LogP contribution in [0.15, 0.2) is 47.6 Å². The van der Waals surface area contributed by atoms with Crippen molar-refractivity contribution < 1.29 is 9.90 Å². The molecule has 1 heterocycles. The third-order valence-corrected chi connectivity index (χ3v) is 4.19. The lowest BCUT2D eigenvalue weighted by atomic mass is 10.1. The average Bonchev–Trinajstić information content (AvgIpc) is 2.88. The van der Waals surface area contributed by atoms with E-state index < -0.39 is 5.97 Å². The number of fused-ring (bicyclic) bond motifs is 1. The molecule has 0 bridgehead atoms. The van der Waals surface area contributed by atoms with Crippen LogP contribution in [-0.4, -0.2) is 21.0 Å². The van der Waals surface area contributed by atoms with Crippen LogP contribution in [0.4, 0.5) is 0 Å². The molecule has 0 aliphatic rings. The van der Waals surface area contributed by atoms with Crippen molar-refractivity contribution >= 4 is 40.4 Å². The number of carboxylic acids is 1. The highest BCUT2D eigenvalue weighted by Crippen LogP contribution is 2.26. The zero-order valence-corrected chi connectivity index (χ0v) is 12.4. The molecule has 0 saturated carbocycles. The highest BCUT2D eigenvalue weighted by molar-refractivity contribution is 7.98. The molecule has 0 saturated heterocycles. The third kappa shape index (κ3) is 3.04. The van der Waals surface area contributed by atoms with Crippen LogP contribution in [0.3, 0.4) is 0 Å². The first kappa shape index (κ1) is 14.0. The minimum Gasteiger partial charge on any atom is -0.478 e. The van der Waals surface area contributed by atoms with Gasteiger partial charge in [0.15, 0.2) is 5.16 Å². The van der Waals surface area contributed by atoms with Gasteiger partial charge in [0, 0.05) is 10.8 Å². The van der Waals surface area contributed by atoms with Crippen molar-refractivity contribution in [2.24, 2.45) is 0 Å². The van der Waals surface area contributed by atoms with E-state index in [1.54, 1.807) is 12.1 Å². The van der Waals surface area contributed by atoms with Crippen molar-refractivity contribution in [3.05, 3.63) is 58.6 Å². The molecule has 0 spiro atoms. The SMILES string of the molecule is O=C(O)c1cc(Cl)ccc1CSc1nc2ccccc2[nH]1. The normalized spacial score (nSPS) is 10.9. The zero-order chi connectivity index (χ0) is 14.8. The lowest BCUT2D eigenvalue weighted by molar-refractivity contribution is 0.0696. The van der Waals surface area contributed by atoms with Gasteiger partial charge in [-0.3, -0.25) is 0 Å². The van der Waals surface area contributed by atoms with Crippen molar-refractivity contribution in [2.75, 3.05) is 0 Å². The van der Waals surface area contributed by atoms with Gasteiger partial charge in [0.25, 0.3) is 0 Å². The zero-order valence-electron chi connectivity index (χ0n) is 10.8. The van der Waals surface area contributed by atoms with E-state index in [4.69, 9.17) is 11.6 Å². The van der Waals surface area contributed by atoms with Crippen LogP contribution in [0.2, 0.25) is 5.02 Å². The van der Waals surface area contributed by atoms with E-state index in [2.05, 4.69) is 9.97 Å². The number of para-hydroxylation sites is 2. The number of hydrogen-bond acceptors (Lipinski definition) is 3. The molecular weight excluding hydrogens is 308 g/mol. The molecule has 4 nitrogen and oxygen atoms in total. The van der Waals surface area contributed by atoms with Crippen LogP contribution in [0, 0.1) is 0 Å². The topological polar surface area (TPSA) is 66.0 Å². The van der Waals surface area contributed by atoms with Gasteiger partial charge in [-0.2, -0.15) is 0 Å². The number of nitrogens with one attached hydrogen (secondary N) is 1. The Labute approximate surface area is 130 Å². The Hall–Kier alpha value is -1.98. The van der Waals surface area contributed by atoms with E-state index in [-0.39, 0.29) is 5.56 Å². The summed E-state index contributed by atoms with van der Waals surface area (Å²) in [5.74, 6) is -0.462. The van der Waals surface area contributed by atoms with Crippen molar-refractivity contribution in [2.45, 2.75) is 10.9 Å². The number of aromatic carboxylic acids is 1. The molecule has 1 aromatic heterocycles. The van der Waals surface area contributed by atoms with E-state index in [0.717, 1.165) is 21.8 Å². The van der Waals surface area contributed by atoms with Gasteiger partial charge >= 0.3 is 5.97 Å². The van der Waals surface area contributed by atoms with Gasteiger partial charge in [0.1, 0.15) is 0 Å². The van der Waals surface area contributed by atoms with Gasteiger partial charge in [-0.1, -0.05) is 41.6 Å². The van der Waals surface area contributed by atoms with E-state index >= 15 is 0 Å². The molecule has 0 aliphatic carbocycles. The molecule has 2 N–H and O–H groups in total. The molecule has 0 aliphatic heterocycles. The second kappa shape index (κ2) is 5.79. The van der Waals surface area contributed by atoms with Crippen molar-refractivity contribution in [1.82, 2.24) is 9.97 Å². The Kier molecular flexibility index (Phi) is 3.86. The molecule has 0 amide bonds. The number of halogens is 1. The first-order valence-electron chi connectivity index (χ1n) is 6.23. The number of imidazole rings is 1. The summed E-state index contributed by atoms with van der Waals surface area (Å²) < 4.78 is 0. The third-order valence-electron chi connectivity index (χ3n) is 3.03. The van der Waals surface area contributed by atoms with Gasteiger partial charge in [-0.15, -0.1) is 0 Å². The molecule has 0 fully saturated rings. The number of nitrogens with zero attached hydrogens (tertiary/aromatic N) is 1. The van der Waals surface area contributed by atoms with Crippen LogP contribution < -0.4 is 0 Å². The number of carbonyl (C=O) groups is 1. The van der Waals surface area contributed by atoms with Crippen LogP contribution in [0.1, 0.15) is 15.9 Å². The number of rotatable bonds is 4. The summed E-state index contributed by atoms with van der Waals surface area (Å²) in [6.07, 6.45) is 0. The number of thioether (sulfide) groups is 1. The molecule has 6 heteroatoms. The summed E-state index contributed by atoms with van der Waals surface area (Å²) in [6.45, 7) is 0. The number of aromatic amines is 1. The van der Waals surface area contributed by atoms with Crippen molar-refractivity contribution in [3.63, 3.8) is 0 Å². The highest BCUT2D eigenvalue weighted by Gasteiger charge is 2.12. The van der Waals surface area contributed by atoms with Crippen molar-refractivity contribution in [1.29, 1.82) is 0 Å². The largest absolute Gasteiger partial charge is 0.478 e. The molecule has 0 atom stereocenters. The smallest absolute Gasteiger partial charge is 0.336 e. The number of aromatic nitrogens is 2. The maximum atomic E-state index is 11.2. The minimum absolute atomic E-state index is 0.228. The molecule has 21 heavy (non-hydrogen) atoms. The summed E-state index contributed by atoms with van der Waals surface area (Å²) in [4.78, 5) is 18.9. The Morgan fingerprint density at radius 1 is 1.29 bits per heavy atom. The lowest BCUT2D eigenvalue weighted by Gasteiger charge is -2.05. The van der Waals surface area contributed by atoms with Crippen LogP contribution in [-0.2, 0) is 5.75 Å². The van der Waals surface area contributed by atoms with Crippen LogP contribution >= 0.6 is 23.4 Å². The summed E-state index contributed by atoms with van der Waals surface area (Å²) >= 11 is 7.31. The first-order chi connectivity index (χ1) is 10.1. The second-order valence-electron chi connectivity index (χ2n) is 4.45. The fourth-order valence-corrected chi connectivity index (χ4v) is 3.08. The summed E-state index contributed by atoms with van der Waals surface area (Å²) in [5, 5.41) is 10.4. The molecule has 3 rings (SSSR count). The second-order valence-corrected chi connectivity index (χ2v) is 5.85. The minimum atomic E-state index is -0.974. The van der Waals surface area contributed by atoms with Crippen LogP contribution in [0.25, 0.3) is 11.0 Å². The molecule has 0 radical (unpaired) electrons. The van der Waals surface area contributed by atoms with Gasteiger partial charge in [0.05, 0.1) is 16.6 Å². The van der Waals surface area contributed by atoms with Gasteiger partial charge < -0.3 is 10.1 Å². The first-order valence-corrected chi connectivity index (χ1v) is 7.59. The Balaban J connectivity index is 1.83. The summed E-state index contributed by atoms with van der Waals surface area (Å²) in [7, 11) is 0. The Morgan fingerprint density at radius 3 is 2.86 bits per heavy atom. The van der Waals surface area contributed by atoms with Crippen molar-refractivity contribution in [3.8, 4) is 0 Å². The molecule has 2 aromatic carbocycles. The van der Waals surface area contributed by atoms with E-state index in [0.29, 0.717) is 10.8 Å². The highest BCUT2D eigenvalue weighted by atomic mass is 35.5. The number of hydrogen-bond donors (Lipinski definition) is 2. The van der Waals surface area contributed by atoms with E-state index in [9.17, 15) is 9.90 Å². The van der Waals surface area contributed by atoms with E-state index in [1.807, 2.05) is 24.3 Å². The van der Waals surface area contributed by atoms with Gasteiger partial charge in [-0.05, 0) is 29.8 Å². The maximum Gasteiger partial charge on any atom is 0.336 e. The molecular formula is C15H11ClN2O2S. The quantitative estimate of drug-likeness (QED) is 0.707. The standard InChI is InChI=1S/C15H11ClN2O2S/c16-10-6-5-9(11(7-10)14(19)20)8-21-15-17-12-3-1-2-4-13(12)18-15/h1-7H,8H2,(H,17,18)(H,19,20). The Morgan fingerprint density at radius 2 is 2.10 bits per heavy atom. The number of benzene rings is 2. The fraction of sp³-hybridized carbons (Fsp3) is 0.0667. The molecule has 3 aromatic rings. The monoisotopic (exact) mass is 318 g/mol. The van der Waals surface area contributed by atoms with Gasteiger partial charge in [-0.25, -0.2) is 9.78 Å². The average molecular weight is 319 g/mol. The van der Waals surface area contributed by atoms with Gasteiger partial charge in [0.2, 0.25) is 0 Å². The molecule has 0 unspecified atom stereocenters. The predicted molar refractivity (Wildman–Crippen MR) is 84.1 cm³/mol. The van der Waals surface area contributed by atoms with Crippen LogP contribution in [0.5, 0.6) is 0 Å². The van der Waals surface area contributed by atoms with E-state index in [1.165, 1.54) is 17.8 Å². The molecule has 106 valence electrons. The fourth-order valence-electron chi connectivity index (χ4n) is 2.02. The predicted octanol–water partition coefficient (Wildman–Crippen LogP) is 4.21. The summed E-state index contributed by atoms with van der Waals surface area (Å²) in [5.41, 5.74) is 2.81. The number of carboxylic acid groups (broad SMARTS) is 1. The lowest BCUT2D eigenvalue weighted by Crippen LogP contribution is -2.01. The summed E-state index contributed by atoms with van der Waals surface area (Å²) in [6, 6.07) is 12.7. The maximum absolute atomic E-state index is 11.2.